The maximum Gasteiger partial charge on any atom is 0.326 e. The second kappa shape index (κ2) is 14.4. The summed E-state index contributed by atoms with van der Waals surface area (Å²) in [5.74, 6) is -1.87. The van der Waals surface area contributed by atoms with Gasteiger partial charge in [-0.3, -0.25) is 9.59 Å². The van der Waals surface area contributed by atoms with Crippen LogP contribution in [0.4, 0.5) is 10.5 Å². The highest BCUT2D eigenvalue weighted by atomic mass is 35.5. The molecule has 1 fully saturated rings. The van der Waals surface area contributed by atoms with Gasteiger partial charge in [-0.2, -0.15) is 0 Å². The lowest BCUT2D eigenvalue weighted by molar-refractivity contribution is -0.142. The first-order valence-electron chi connectivity index (χ1n) is 11.9. The van der Waals surface area contributed by atoms with E-state index in [0.29, 0.717) is 11.3 Å². The molecule has 0 aromatic heterocycles. The van der Waals surface area contributed by atoms with E-state index in [9.17, 15) is 34.5 Å². The minimum atomic E-state index is -1.27. The van der Waals surface area contributed by atoms with Crippen LogP contribution in [-0.2, 0) is 16.0 Å². The first-order valence-corrected chi connectivity index (χ1v) is 13.8. The number of aliphatic carboxylic acids is 1. The number of carbonyl (C=O) groups is 4. The number of benzene rings is 2. The molecule has 2 aromatic carbocycles. The molecule has 0 spiro atoms. The number of carbonyl (C=O) groups excluding carboxylic acids is 3. The smallest absolute Gasteiger partial charge is 0.326 e. The Labute approximate surface area is 239 Å². The number of halogens is 2. The summed E-state index contributed by atoms with van der Waals surface area (Å²) in [5.41, 5.74) is 1.15. The maximum atomic E-state index is 13.0. The fourth-order valence-electron chi connectivity index (χ4n) is 3.91. The zero-order chi connectivity index (χ0) is 28.5. The summed E-state index contributed by atoms with van der Waals surface area (Å²) >= 11 is 13.5. The number of carboxylic acids is 1. The Morgan fingerprint density at radius 2 is 1.64 bits per heavy atom. The Bertz CT molecular complexity index is 1180. The van der Waals surface area contributed by atoms with Crippen LogP contribution in [0.1, 0.15) is 15.9 Å². The van der Waals surface area contributed by atoms with Crippen LogP contribution in [0.15, 0.2) is 42.5 Å². The lowest BCUT2D eigenvalue weighted by Crippen LogP contribution is -2.55. The Morgan fingerprint density at radius 1 is 1.03 bits per heavy atom. The van der Waals surface area contributed by atoms with Crippen molar-refractivity contribution in [3.63, 3.8) is 0 Å². The van der Waals surface area contributed by atoms with Gasteiger partial charge in [-0.15, -0.1) is 11.8 Å². The molecular formula is C25H28Cl2N4O7S. The van der Waals surface area contributed by atoms with Crippen molar-refractivity contribution in [3.8, 4) is 0 Å². The summed E-state index contributed by atoms with van der Waals surface area (Å²) in [7, 11) is 0. The number of hydrogen-bond donors (Lipinski definition) is 5. The van der Waals surface area contributed by atoms with Gasteiger partial charge in [0.15, 0.2) is 0 Å². The Morgan fingerprint density at radius 3 is 2.21 bits per heavy atom. The van der Waals surface area contributed by atoms with Gasteiger partial charge < -0.3 is 35.8 Å². The van der Waals surface area contributed by atoms with E-state index in [1.807, 2.05) is 0 Å². The molecule has 1 unspecified atom stereocenters. The van der Waals surface area contributed by atoms with E-state index in [1.54, 1.807) is 42.5 Å². The normalized spacial score (nSPS) is 15.5. The lowest BCUT2D eigenvalue weighted by Gasteiger charge is -2.30. The van der Waals surface area contributed by atoms with Crippen LogP contribution in [0.2, 0.25) is 10.0 Å². The second-order valence-electron chi connectivity index (χ2n) is 8.55. The molecule has 1 aliphatic rings. The zero-order valence-corrected chi connectivity index (χ0v) is 23.0. The molecule has 210 valence electrons. The number of rotatable bonds is 11. The molecule has 1 saturated heterocycles. The number of carboxylic acid groups (broad SMARTS) is 1. The van der Waals surface area contributed by atoms with Crippen molar-refractivity contribution < 1.29 is 34.5 Å². The summed E-state index contributed by atoms with van der Waals surface area (Å²) in [4.78, 5) is 52.9. The van der Waals surface area contributed by atoms with Crippen LogP contribution in [0, 0.1) is 0 Å². The van der Waals surface area contributed by atoms with E-state index in [0.717, 1.165) is 0 Å². The highest BCUT2D eigenvalue weighted by molar-refractivity contribution is 7.99. The number of aliphatic hydroxyl groups is 2. The number of anilines is 1. The van der Waals surface area contributed by atoms with Crippen LogP contribution in [0.5, 0.6) is 0 Å². The van der Waals surface area contributed by atoms with E-state index in [-0.39, 0.29) is 60.0 Å². The molecule has 3 rings (SSSR count). The quantitative estimate of drug-likeness (QED) is 0.263. The SMILES string of the molecule is O=C(Nc1ccc(C[C@H](NC(=O)C2CSCN2C(=O)N(CCO)CCO)C(=O)O)cc1)c1c(Cl)cccc1Cl. The summed E-state index contributed by atoms with van der Waals surface area (Å²) in [6.45, 7) is -0.620. The molecule has 0 saturated carbocycles. The number of nitrogens with one attached hydrogen (secondary N) is 2. The minimum Gasteiger partial charge on any atom is -0.480 e. The zero-order valence-electron chi connectivity index (χ0n) is 20.7. The molecule has 0 bridgehead atoms. The van der Waals surface area contributed by atoms with Gasteiger partial charge in [0.05, 0.1) is 34.7 Å². The predicted octanol–water partition coefficient (Wildman–Crippen LogP) is 2.14. The van der Waals surface area contributed by atoms with Gasteiger partial charge in [0, 0.05) is 31.0 Å². The van der Waals surface area contributed by atoms with Gasteiger partial charge >= 0.3 is 12.0 Å². The first kappa shape index (κ1) is 30.5. The molecule has 4 amide bonds. The molecule has 11 nitrogen and oxygen atoms in total. The summed E-state index contributed by atoms with van der Waals surface area (Å²) in [5, 5.41) is 33.8. The van der Waals surface area contributed by atoms with Crippen LogP contribution < -0.4 is 10.6 Å². The van der Waals surface area contributed by atoms with Gasteiger partial charge in [-0.25, -0.2) is 9.59 Å². The van der Waals surface area contributed by atoms with Gasteiger partial charge in [-0.05, 0) is 29.8 Å². The number of urea groups is 1. The molecule has 1 aliphatic heterocycles. The molecule has 14 heteroatoms. The summed E-state index contributed by atoms with van der Waals surface area (Å²) < 4.78 is 0. The van der Waals surface area contributed by atoms with E-state index >= 15 is 0 Å². The monoisotopic (exact) mass is 598 g/mol. The van der Waals surface area contributed by atoms with Gasteiger partial charge in [0.2, 0.25) is 5.91 Å². The third-order valence-corrected chi connectivity index (χ3v) is 7.54. The van der Waals surface area contributed by atoms with Crippen LogP contribution in [0.25, 0.3) is 0 Å². The average molecular weight is 599 g/mol. The predicted molar refractivity (Wildman–Crippen MR) is 148 cm³/mol. The van der Waals surface area contributed by atoms with Gasteiger partial charge in [0.25, 0.3) is 5.91 Å². The average Bonchev–Trinajstić information content (AvgIpc) is 3.39. The van der Waals surface area contributed by atoms with Crippen molar-refractivity contribution in [2.45, 2.75) is 18.5 Å². The highest BCUT2D eigenvalue weighted by Gasteiger charge is 2.38. The lowest BCUT2D eigenvalue weighted by atomic mass is 10.0. The fraction of sp³-hybridized carbons (Fsp3) is 0.360. The molecule has 39 heavy (non-hydrogen) atoms. The molecule has 0 aliphatic carbocycles. The molecule has 5 N–H and O–H groups in total. The second-order valence-corrected chi connectivity index (χ2v) is 10.4. The molecule has 2 atom stereocenters. The van der Waals surface area contributed by atoms with E-state index < -0.39 is 35.9 Å². The third kappa shape index (κ3) is 7.99. The highest BCUT2D eigenvalue weighted by Crippen LogP contribution is 2.26. The number of nitrogens with zero attached hydrogens (tertiary/aromatic N) is 2. The van der Waals surface area contributed by atoms with Gasteiger partial charge in [-0.1, -0.05) is 41.4 Å². The molecule has 2 aromatic rings. The standard InChI is InChI=1S/C25H28Cl2N4O7S/c26-17-2-1-3-18(27)21(17)23(35)28-16-6-4-15(5-7-16)12-19(24(36)37)29-22(34)20-13-39-14-31(20)25(38)30(8-10-32)9-11-33/h1-7,19-20,32-33H,8-14H2,(H,28,35)(H,29,34)(H,36,37)/t19-,20?/m0/s1. The van der Waals surface area contributed by atoms with E-state index in [4.69, 9.17) is 23.2 Å². The van der Waals surface area contributed by atoms with Crippen molar-refractivity contribution in [3.05, 3.63) is 63.6 Å². The largest absolute Gasteiger partial charge is 0.480 e. The number of amides is 4. The first-order chi connectivity index (χ1) is 18.7. The minimum absolute atomic E-state index is 0.00543. The Kier molecular flexibility index (Phi) is 11.3. The fourth-order valence-corrected chi connectivity index (χ4v) is 5.63. The van der Waals surface area contributed by atoms with E-state index in [2.05, 4.69) is 10.6 Å². The van der Waals surface area contributed by atoms with Crippen molar-refractivity contribution in [1.82, 2.24) is 15.1 Å². The number of thioether (sulfide) groups is 1. The van der Waals surface area contributed by atoms with Crippen LogP contribution in [-0.4, -0.2) is 99.0 Å². The Balaban J connectivity index is 1.64. The van der Waals surface area contributed by atoms with E-state index in [1.165, 1.54) is 21.6 Å². The van der Waals surface area contributed by atoms with Crippen molar-refractivity contribution in [1.29, 1.82) is 0 Å². The number of hydrogen-bond acceptors (Lipinski definition) is 7. The third-order valence-electron chi connectivity index (χ3n) is 5.90. The van der Waals surface area contributed by atoms with Crippen molar-refractivity contribution >= 4 is 64.5 Å². The summed E-state index contributed by atoms with van der Waals surface area (Å²) in [6, 6.07) is 8.43. The molecular weight excluding hydrogens is 571 g/mol. The van der Waals surface area contributed by atoms with Crippen LogP contribution in [0.3, 0.4) is 0 Å². The van der Waals surface area contributed by atoms with Crippen molar-refractivity contribution in [2.24, 2.45) is 0 Å². The summed E-state index contributed by atoms with van der Waals surface area (Å²) in [6.07, 6.45) is -0.0411. The van der Waals surface area contributed by atoms with Crippen LogP contribution >= 0.6 is 35.0 Å². The van der Waals surface area contributed by atoms with Crippen molar-refractivity contribution in [2.75, 3.05) is 43.2 Å². The van der Waals surface area contributed by atoms with Gasteiger partial charge in [0.1, 0.15) is 12.1 Å². The number of aliphatic hydroxyl groups excluding tert-OH is 2. The molecule has 1 heterocycles. The topological polar surface area (TPSA) is 160 Å². The Hall–Kier alpha value is -3.03. The molecule has 0 radical (unpaired) electrons. The maximum absolute atomic E-state index is 13.0.